The third-order valence-electron chi connectivity index (χ3n) is 6.85. The van der Waals surface area contributed by atoms with Gasteiger partial charge in [-0.1, -0.05) is 22.8 Å². The highest BCUT2D eigenvalue weighted by Gasteiger charge is 2.42. The minimum atomic E-state index is -0.726. The first-order valence-corrected chi connectivity index (χ1v) is 12.2. The Bertz CT molecular complexity index is 1240. The van der Waals surface area contributed by atoms with E-state index in [9.17, 15) is 13.6 Å². The van der Waals surface area contributed by atoms with Crippen LogP contribution in [0.1, 0.15) is 48.1 Å². The summed E-state index contributed by atoms with van der Waals surface area (Å²) in [4.78, 5) is 23.4. The Morgan fingerprint density at radius 1 is 1.25 bits per heavy atom. The van der Waals surface area contributed by atoms with Crippen LogP contribution in [0.5, 0.6) is 0 Å². The lowest BCUT2D eigenvalue weighted by atomic mass is 9.74. The molecule has 2 fully saturated rings. The van der Waals surface area contributed by atoms with Crippen LogP contribution in [0, 0.1) is 11.6 Å². The highest BCUT2D eigenvalue weighted by Crippen LogP contribution is 2.37. The van der Waals surface area contributed by atoms with Gasteiger partial charge in [0.15, 0.2) is 23.3 Å². The van der Waals surface area contributed by atoms with Gasteiger partial charge in [0.1, 0.15) is 0 Å². The SMILES string of the molecule is CC1CC(Nc2nc(CC3(c4ncon4)CCN(C(=O)c4cccc(Cl)c4F)CC3)ccc2F)NN1. The maximum absolute atomic E-state index is 14.5. The number of anilines is 1. The number of hydrogen-bond acceptors (Lipinski definition) is 8. The molecule has 2 aromatic heterocycles. The summed E-state index contributed by atoms with van der Waals surface area (Å²) in [5.41, 5.74) is 6.18. The normalized spacial score (nSPS) is 21.5. The second-order valence-corrected chi connectivity index (χ2v) is 9.77. The topological polar surface area (TPSA) is 108 Å². The molecule has 3 aromatic rings. The summed E-state index contributed by atoms with van der Waals surface area (Å²) in [6.07, 6.45) is 3.30. The average molecular weight is 518 g/mol. The van der Waals surface area contributed by atoms with Crippen LogP contribution >= 0.6 is 11.6 Å². The number of nitrogens with zero attached hydrogens (tertiary/aromatic N) is 4. The van der Waals surface area contributed by atoms with E-state index < -0.39 is 23.0 Å². The first-order chi connectivity index (χ1) is 17.3. The van der Waals surface area contributed by atoms with Crippen molar-refractivity contribution in [3.05, 3.63) is 70.5 Å². The summed E-state index contributed by atoms with van der Waals surface area (Å²) in [6, 6.07) is 7.67. The van der Waals surface area contributed by atoms with Crippen LogP contribution in [0.3, 0.4) is 0 Å². The van der Waals surface area contributed by atoms with Crippen molar-refractivity contribution in [2.24, 2.45) is 0 Å². The van der Waals surface area contributed by atoms with Crippen LogP contribution in [-0.2, 0) is 11.8 Å². The number of nitrogens with one attached hydrogen (secondary N) is 3. The van der Waals surface area contributed by atoms with Gasteiger partial charge >= 0.3 is 0 Å². The van der Waals surface area contributed by atoms with Crippen LogP contribution in [0.2, 0.25) is 5.02 Å². The second-order valence-electron chi connectivity index (χ2n) is 9.36. The number of rotatable bonds is 6. The van der Waals surface area contributed by atoms with E-state index in [1.807, 2.05) is 6.92 Å². The number of hydrazine groups is 1. The Hall–Kier alpha value is -3.15. The fraction of sp³-hybridized carbons (Fsp3) is 0.417. The number of hydrogen-bond donors (Lipinski definition) is 3. The van der Waals surface area contributed by atoms with Gasteiger partial charge in [-0.2, -0.15) is 4.98 Å². The van der Waals surface area contributed by atoms with Gasteiger partial charge < -0.3 is 14.7 Å². The van der Waals surface area contributed by atoms with E-state index in [1.165, 1.54) is 24.6 Å². The van der Waals surface area contributed by atoms with Crippen molar-refractivity contribution in [1.82, 2.24) is 30.9 Å². The van der Waals surface area contributed by atoms with Gasteiger partial charge in [-0.3, -0.25) is 10.2 Å². The molecule has 2 saturated heterocycles. The monoisotopic (exact) mass is 517 g/mol. The van der Waals surface area contributed by atoms with Gasteiger partial charge in [0.2, 0.25) is 6.39 Å². The fourth-order valence-electron chi connectivity index (χ4n) is 4.86. The van der Waals surface area contributed by atoms with Crippen molar-refractivity contribution in [2.45, 2.75) is 50.2 Å². The fourth-order valence-corrected chi connectivity index (χ4v) is 5.04. The minimum Gasteiger partial charge on any atom is -0.351 e. The molecular weight excluding hydrogens is 492 g/mol. The summed E-state index contributed by atoms with van der Waals surface area (Å²) >= 11 is 5.87. The molecule has 0 bridgehead atoms. The summed E-state index contributed by atoms with van der Waals surface area (Å²) in [7, 11) is 0. The number of pyridine rings is 1. The zero-order valence-electron chi connectivity index (χ0n) is 19.6. The lowest BCUT2D eigenvalue weighted by molar-refractivity contribution is 0.0652. The van der Waals surface area contributed by atoms with Gasteiger partial charge in [0.05, 0.1) is 16.8 Å². The van der Waals surface area contributed by atoms with Crippen molar-refractivity contribution in [1.29, 1.82) is 0 Å². The lowest BCUT2D eigenvalue weighted by Gasteiger charge is -2.40. The highest BCUT2D eigenvalue weighted by atomic mass is 35.5. The molecule has 0 saturated carbocycles. The molecule has 2 atom stereocenters. The molecule has 4 heterocycles. The van der Waals surface area contributed by atoms with Crippen LogP contribution in [0.15, 0.2) is 41.2 Å². The smallest absolute Gasteiger partial charge is 0.256 e. The summed E-state index contributed by atoms with van der Waals surface area (Å²) in [6.45, 7) is 2.73. The predicted octanol–water partition coefficient (Wildman–Crippen LogP) is 3.44. The Balaban J connectivity index is 1.35. The van der Waals surface area contributed by atoms with Crippen molar-refractivity contribution >= 4 is 23.3 Å². The molecule has 2 aliphatic rings. The molecule has 190 valence electrons. The Labute approximate surface area is 211 Å². The van der Waals surface area contributed by atoms with Crippen molar-refractivity contribution < 1.29 is 18.1 Å². The number of benzene rings is 1. The van der Waals surface area contributed by atoms with E-state index in [0.29, 0.717) is 43.9 Å². The molecule has 9 nitrogen and oxygen atoms in total. The summed E-state index contributed by atoms with van der Waals surface area (Å²) in [5.74, 6) is -0.934. The zero-order valence-corrected chi connectivity index (χ0v) is 20.4. The number of aromatic nitrogens is 3. The first-order valence-electron chi connectivity index (χ1n) is 11.8. The maximum Gasteiger partial charge on any atom is 0.256 e. The van der Waals surface area contributed by atoms with Crippen LogP contribution in [-0.4, -0.2) is 51.2 Å². The Morgan fingerprint density at radius 3 is 2.75 bits per heavy atom. The quantitative estimate of drug-likeness (QED) is 0.456. The van der Waals surface area contributed by atoms with E-state index in [4.69, 9.17) is 16.1 Å². The summed E-state index contributed by atoms with van der Waals surface area (Å²) < 4.78 is 34.0. The largest absolute Gasteiger partial charge is 0.351 e. The molecule has 3 N–H and O–H groups in total. The Morgan fingerprint density at radius 2 is 2.06 bits per heavy atom. The number of halogens is 3. The maximum atomic E-state index is 14.5. The van der Waals surface area contributed by atoms with E-state index >= 15 is 0 Å². The van der Waals surface area contributed by atoms with Gasteiger partial charge in [0.25, 0.3) is 5.91 Å². The molecule has 0 spiro atoms. The standard InChI is InChI=1S/C24H26ClF2N7O2/c1-14-11-19(32-31-14)30-21-18(26)6-5-15(29-21)12-24(23-28-13-36-33-23)7-9-34(10-8-24)22(35)16-3-2-4-17(25)20(16)27/h2-6,13-14,19,31-32H,7-12H2,1H3,(H,29,30). The van der Waals surface area contributed by atoms with Gasteiger partial charge in [0, 0.05) is 36.7 Å². The number of amides is 1. The van der Waals surface area contributed by atoms with Crippen LogP contribution < -0.4 is 16.2 Å². The number of carbonyl (C=O) groups excluding carboxylic acids is 1. The van der Waals surface area contributed by atoms with E-state index in [-0.39, 0.29) is 28.6 Å². The molecule has 0 radical (unpaired) electrons. The average Bonchev–Trinajstić information content (AvgIpc) is 3.56. The zero-order chi connectivity index (χ0) is 25.3. The molecule has 5 rings (SSSR count). The predicted molar refractivity (Wildman–Crippen MR) is 128 cm³/mol. The summed E-state index contributed by atoms with van der Waals surface area (Å²) in [5, 5.41) is 7.10. The van der Waals surface area contributed by atoms with Gasteiger partial charge in [-0.15, -0.1) is 0 Å². The molecule has 1 aromatic carbocycles. The number of piperidine rings is 1. The molecule has 1 amide bonds. The molecule has 12 heteroatoms. The van der Waals surface area contributed by atoms with E-state index in [2.05, 4.69) is 31.3 Å². The van der Waals surface area contributed by atoms with Gasteiger partial charge in [-0.25, -0.2) is 19.2 Å². The lowest BCUT2D eigenvalue weighted by Crippen LogP contribution is -2.47. The van der Waals surface area contributed by atoms with Crippen molar-refractivity contribution in [3.63, 3.8) is 0 Å². The molecule has 36 heavy (non-hydrogen) atoms. The Kier molecular flexibility index (Phi) is 6.87. The minimum absolute atomic E-state index is 0.0604. The molecule has 0 aliphatic carbocycles. The van der Waals surface area contributed by atoms with Crippen LogP contribution in [0.4, 0.5) is 14.6 Å². The third-order valence-corrected chi connectivity index (χ3v) is 7.14. The first kappa shape index (κ1) is 24.5. The van der Waals surface area contributed by atoms with E-state index in [0.717, 1.165) is 6.42 Å². The van der Waals surface area contributed by atoms with E-state index in [1.54, 1.807) is 17.0 Å². The second kappa shape index (κ2) is 10.1. The number of carbonyl (C=O) groups is 1. The highest BCUT2D eigenvalue weighted by molar-refractivity contribution is 6.31. The molecule has 2 unspecified atom stereocenters. The third kappa shape index (κ3) is 4.91. The molecule has 2 aliphatic heterocycles. The van der Waals surface area contributed by atoms with Gasteiger partial charge in [-0.05, 0) is 50.5 Å². The molecular formula is C24H26ClF2N7O2. The van der Waals surface area contributed by atoms with Crippen LogP contribution in [0.25, 0.3) is 0 Å². The number of likely N-dealkylation sites (tertiary alicyclic amines) is 1. The van der Waals surface area contributed by atoms with Crippen molar-refractivity contribution in [3.8, 4) is 0 Å². The van der Waals surface area contributed by atoms with Crippen molar-refractivity contribution in [2.75, 3.05) is 18.4 Å².